The lowest BCUT2D eigenvalue weighted by atomic mass is 10.0. The Bertz CT molecular complexity index is 771. The van der Waals surface area contributed by atoms with Gasteiger partial charge in [-0.05, 0) is 11.6 Å². The number of hydrogen-bond donors (Lipinski definition) is 3. The van der Waals surface area contributed by atoms with E-state index in [0.29, 0.717) is 26.1 Å². The zero-order chi connectivity index (χ0) is 16.4. The minimum atomic E-state index is -0.513. The van der Waals surface area contributed by atoms with E-state index in [1.807, 2.05) is 24.3 Å². The summed E-state index contributed by atoms with van der Waals surface area (Å²) in [4.78, 5) is 28.3. The van der Waals surface area contributed by atoms with Gasteiger partial charge in [0.1, 0.15) is 0 Å². The summed E-state index contributed by atoms with van der Waals surface area (Å²) in [5.74, 6) is -0.124. The van der Waals surface area contributed by atoms with Crippen LogP contribution in [-0.4, -0.2) is 47.1 Å². The molecule has 0 radical (unpaired) electrons. The molecule has 0 aliphatic carbocycles. The number of nitrogens with one attached hydrogen (secondary N) is 2. The van der Waals surface area contributed by atoms with E-state index in [-0.39, 0.29) is 17.4 Å². The Kier molecular flexibility index (Phi) is 4.45. The number of fused-ring (bicyclic) bond motifs is 1. The molecule has 3 N–H and O–H groups in total. The maximum absolute atomic E-state index is 11.8. The lowest BCUT2D eigenvalue weighted by Crippen LogP contribution is -2.27. The Morgan fingerprint density at radius 1 is 1.39 bits per heavy atom. The quantitative estimate of drug-likeness (QED) is 0.765. The van der Waals surface area contributed by atoms with E-state index in [9.17, 15) is 14.7 Å². The number of hydrogen-bond acceptors (Lipinski definition) is 4. The molecule has 2 atom stereocenters. The van der Waals surface area contributed by atoms with Crippen molar-refractivity contribution >= 4 is 16.8 Å². The molecule has 1 aliphatic heterocycles. The van der Waals surface area contributed by atoms with Gasteiger partial charge >= 0.3 is 0 Å². The van der Waals surface area contributed by atoms with Crippen LogP contribution in [0.15, 0.2) is 35.1 Å². The molecule has 3 rings (SSSR count). The van der Waals surface area contributed by atoms with Gasteiger partial charge in [-0.2, -0.15) is 0 Å². The van der Waals surface area contributed by atoms with Gasteiger partial charge in [-0.15, -0.1) is 0 Å². The molecule has 0 saturated carbocycles. The average molecular weight is 315 g/mol. The third-order valence-electron chi connectivity index (χ3n) is 4.44. The highest BCUT2D eigenvalue weighted by atomic mass is 16.3. The summed E-state index contributed by atoms with van der Waals surface area (Å²) >= 11 is 0. The molecule has 0 bridgehead atoms. The van der Waals surface area contributed by atoms with Gasteiger partial charge in [-0.3, -0.25) is 14.5 Å². The number of aromatic amines is 1. The van der Waals surface area contributed by atoms with Crippen molar-refractivity contribution in [2.24, 2.45) is 5.92 Å². The molecule has 1 aromatic heterocycles. The summed E-state index contributed by atoms with van der Waals surface area (Å²) < 4.78 is 0. The molecule has 1 fully saturated rings. The molecule has 1 amide bonds. The Labute approximate surface area is 134 Å². The van der Waals surface area contributed by atoms with Gasteiger partial charge in [0, 0.05) is 56.0 Å². The summed E-state index contributed by atoms with van der Waals surface area (Å²) in [6.07, 6.45) is -0.190. The van der Waals surface area contributed by atoms with Gasteiger partial charge in [0.2, 0.25) is 11.5 Å². The minimum Gasteiger partial charge on any atom is -0.391 e. The molecule has 1 saturated heterocycles. The number of likely N-dealkylation sites (tertiary alicyclic amines) is 1. The number of carbonyl (C=O) groups is 1. The predicted octanol–water partition coefficient (Wildman–Crippen LogP) is 0.457. The predicted molar refractivity (Wildman–Crippen MR) is 88.0 cm³/mol. The van der Waals surface area contributed by atoms with E-state index in [2.05, 4.69) is 15.2 Å². The van der Waals surface area contributed by atoms with Crippen LogP contribution in [0.25, 0.3) is 10.9 Å². The van der Waals surface area contributed by atoms with Crippen LogP contribution in [0.4, 0.5) is 0 Å². The zero-order valence-corrected chi connectivity index (χ0v) is 13.1. The number of carbonyl (C=O) groups excluding carboxylic acids is 1. The second-order valence-electron chi connectivity index (χ2n) is 6.10. The summed E-state index contributed by atoms with van der Waals surface area (Å²) in [6, 6.07) is 9.31. The number of rotatable bonds is 4. The summed E-state index contributed by atoms with van der Waals surface area (Å²) in [7, 11) is 1.60. The van der Waals surface area contributed by atoms with Crippen LogP contribution in [0.3, 0.4) is 0 Å². The number of benzene rings is 1. The topological polar surface area (TPSA) is 85.4 Å². The van der Waals surface area contributed by atoms with Crippen LogP contribution in [0.1, 0.15) is 12.0 Å². The molecular formula is C17H21N3O3. The lowest BCUT2D eigenvalue weighted by Gasteiger charge is -2.16. The first-order chi connectivity index (χ1) is 11.1. The molecule has 6 nitrogen and oxygen atoms in total. The molecular weight excluding hydrogens is 294 g/mol. The fourth-order valence-electron chi connectivity index (χ4n) is 3.26. The SMILES string of the molecule is CNC(=O)C[C@@H]1CN(Cc2cc(=O)[nH]c3ccccc23)C[C@H]1O. The Hall–Kier alpha value is -2.18. The third-order valence-corrected chi connectivity index (χ3v) is 4.44. The molecule has 23 heavy (non-hydrogen) atoms. The van der Waals surface area contributed by atoms with Gasteiger partial charge in [0.05, 0.1) is 6.10 Å². The molecule has 6 heteroatoms. The minimum absolute atomic E-state index is 0.0579. The van der Waals surface area contributed by atoms with E-state index in [4.69, 9.17) is 0 Å². The smallest absolute Gasteiger partial charge is 0.248 e. The highest BCUT2D eigenvalue weighted by molar-refractivity contribution is 5.81. The van der Waals surface area contributed by atoms with Crippen molar-refractivity contribution in [2.75, 3.05) is 20.1 Å². The normalized spacial score (nSPS) is 21.7. The van der Waals surface area contributed by atoms with Crippen LogP contribution in [-0.2, 0) is 11.3 Å². The standard InChI is InChI=1S/C17H21N3O3/c1-18-16(22)7-12-9-20(10-15(12)21)8-11-6-17(23)19-14-5-3-2-4-13(11)14/h2-6,12,15,21H,7-10H2,1H3,(H,18,22)(H,19,23)/t12-,15-/m1/s1. The molecule has 122 valence electrons. The fourth-order valence-corrected chi connectivity index (χ4v) is 3.26. The Balaban J connectivity index is 1.78. The molecule has 2 heterocycles. The van der Waals surface area contributed by atoms with Crippen molar-refractivity contribution in [1.29, 1.82) is 0 Å². The van der Waals surface area contributed by atoms with Crippen LogP contribution >= 0.6 is 0 Å². The number of para-hydroxylation sites is 1. The molecule has 1 aliphatic rings. The third kappa shape index (κ3) is 3.43. The van der Waals surface area contributed by atoms with Gasteiger partial charge in [0.25, 0.3) is 0 Å². The fraction of sp³-hybridized carbons (Fsp3) is 0.412. The summed E-state index contributed by atoms with van der Waals surface area (Å²) in [5.41, 5.74) is 1.63. The Morgan fingerprint density at radius 3 is 2.96 bits per heavy atom. The van der Waals surface area contributed by atoms with Crippen molar-refractivity contribution in [2.45, 2.75) is 19.1 Å². The van der Waals surface area contributed by atoms with E-state index < -0.39 is 6.10 Å². The monoisotopic (exact) mass is 315 g/mol. The van der Waals surface area contributed by atoms with Crippen molar-refractivity contribution in [3.8, 4) is 0 Å². The van der Waals surface area contributed by atoms with Crippen LogP contribution < -0.4 is 10.9 Å². The van der Waals surface area contributed by atoms with E-state index in [1.54, 1.807) is 13.1 Å². The van der Waals surface area contributed by atoms with E-state index in [0.717, 1.165) is 16.5 Å². The van der Waals surface area contributed by atoms with E-state index in [1.165, 1.54) is 0 Å². The van der Waals surface area contributed by atoms with E-state index >= 15 is 0 Å². The second kappa shape index (κ2) is 6.52. The van der Waals surface area contributed by atoms with Crippen molar-refractivity contribution in [3.05, 3.63) is 46.2 Å². The molecule has 0 spiro atoms. The molecule has 2 aromatic rings. The van der Waals surface area contributed by atoms with Crippen molar-refractivity contribution in [1.82, 2.24) is 15.2 Å². The number of amides is 1. The van der Waals surface area contributed by atoms with Crippen molar-refractivity contribution in [3.63, 3.8) is 0 Å². The van der Waals surface area contributed by atoms with Crippen LogP contribution in [0.5, 0.6) is 0 Å². The highest BCUT2D eigenvalue weighted by Gasteiger charge is 2.32. The van der Waals surface area contributed by atoms with Crippen molar-refractivity contribution < 1.29 is 9.90 Å². The Morgan fingerprint density at radius 2 is 2.17 bits per heavy atom. The average Bonchev–Trinajstić information content (AvgIpc) is 2.86. The first kappa shape index (κ1) is 15.7. The highest BCUT2D eigenvalue weighted by Crippen LogP contribution is 2.24. The number of nitrogens with zero attached hydrogens (tertiary/aromatic N) is 1. The maximum Gasteiger partial charge on any atom is 0.248 e. The lowest BCUT2D eigenvalue weighted by molar-refractivity contribution is -0.122. The van der Waals surface area contributed by atoms with Gasteiger partial charge in [-0.25, -0.2) is 0 Å². The number of H-pyrrole nitrogens is 1. The summed E-state index contributed by atoms with van der Waals surface area (Å²) in [6.45, 7) is 1.75. The number of pyridine rings is 1. The first-order valence-electron chi connectivity index (χ1n) is 7.79. The van der Waals surface area contributed by atoms with Gasteiger partial charge < -0.3 is 15.4 Å². The van der Waals surface area contributed by atoms with Crippen LogP contribution in [0.2, 0.25) is 0 Å². The number of aliphatic hydroxyl groups excluding tert-OH is 1. The number of aliphatic hydroxyl groups is 1. The summed E-state index contributed by atoms with van der Waals surface area (Å²) in [5, 5.41) is 13.8. The molecule has 1 aromatic carbocycles. The molecule has 0 unspecified atom stereocenters. The second-order valence-corrected chi connectivity index (χ2v) is 6.10. The first-order valence-corrected chi connectivity index (χ1v) is 7.79. The van der Waals surface area contributed by atoms with Gasteiger partial charge in [-0.1, -0.05) is 18.2 Å². The maximum atomic E-state index is 11.8. The largest absolute Gasteiger partial charge is 0.391 e. The number of aromatic nitrogens is 1. The van der Waals surface area contributed by atoms with Crippen LogP contribution in [0, 0.1) is 5.92 Å². The number of β-amino-alcohol motifs (C(OH)–C–C–N with tert-alkyl or cyclic N) is 1. The zero-order valence-electron chi connectivity index (χ0n) is 13.1. The van der Waals surface area contributed by atoms with Gasteiger partial charge in [0.15, 0.2) is 0 Å².